The predicted octanol–water partition coefficient (Wildman–Crippen LogP) is 1.25. The van der Waals surface area contributed by atoms with Gasteiger partial charge in [-0.2, -0.15) is 0 Å². The highest BCUT2D eigenvalue weighted by Gasteiger charge is 2.12. The molecule has 1 amide bonds. The third-order valence-corrected chi connectivity index (χ3v) is 2.39. The first-order chi connectivity index (χ1) is 7.63. The van der Waals surface area contributed by atoms with Crippen LogP contribution < -0.4 is 16.2 Å². The van der Waals surface area contributed by atoms with E-state index >= 15 is 0 Å². The molecule has 0 saturated heterocycles. The first kappa shape index (κ1) is 10.4. The molecule has 5 nitrogen and oxygen atoms in total. The molecule has 2 rings (SSSR count). The molecular formula is C11H13N3O2. The SMILES string of the molecule is CCOc1cc2c[nH]c(N)c2cc1C(N)=O. The van der Waals surface area contributed by atoms with Crippen LogP contribution in [-0.2, 0) is 0 Å². The molecule has 0 bridgehead atoms. The summed E-state index contributed by atoms with van der Waals surface area (Å²) in [5, 5.41) is 1.67. The second-order valence-corrected chi connectivity index (χ2v) is 3.44. The normalized spacial score (nSPS) is 10.6. The fourth-order valence-corrected chi connectivity index (χ4v) is 1.65. The molecule has 1 aromatic carbocycles. The van der Waals surface area contributed by atoms with E-state index in [-0.39, 0.29) is 0 Å². The number of carbonyl (C=O) groups is 1. The molecule has 0 unspecified atom stereocenters. The maximum Gasteiger partial charge on any atom is 0.252 e. The number of benzene rings is 1. The summed E-state index contributed by atoms with van der Waals surface area (Å²) >= 11 is 0. The van der Waals surface area contributed by atoms with E-state index in [1.165, 1.54) is 0 Å². The van der Waals surface area contributed by atoms with Crippen molar-refractivity contribution in [1.29, 1.82) is 0 Å². The van der Waals surface area contributed by atoms with Crippen LogP contribution in [0.4, 0.5) is 5.82 Å². The van der Waals surface area contributed by atoms with Crippen LogP contribution in [0.15, 0.2) is 18.3 Å². The average Bonchev–Trinajstić information content (AvgIpc) is 2.59. The molecule has 1 aromatic heterocycles. The number of carbonyl (C=O) groups excluding carboxylic acids is 1. The molecule has 0 aliphatic rings. The van der Waals surface area contributed by atoms with Crippen molar-refractivity contribution < 1.29 is 9.53 Å². The third kappa shape index (κ3) is 1.56. The van der Waals surface area contributed by atoms with Gasteiger partial charge in [0.2, 0.25) is 0 Å². The highest BCUT2D eigenvalue weighted by molar-refractivity contribution is 6.03. The molecule has 0 atom stereocenters. The second kappa shape index (κ2) is 3.77. The fraction of sp³-hybridized carbons (Fsp3) is 0.182. The fourth-order valence-electron chi connectivity index (χ4n) is 1.65. The molecule has 84 valence electrons. The van der Waals surface area contributed by atoms with E-state index in [2.05, 4.69) is 4.98 Å². The number of primary amides is 1. The Bertz CT molecular complexity index is 545. The Labute approximate surface area is 92.4 Å². The van der Waals surface area contributed by atoms with Gasteiger partial charge in [-0.3, -0.25) is 4.79 Å². The molecule has 0 saturated carbocycles. The summed E-state index contributed by atoms with van der Waals surface area (Å²) in [5.41, 5.74) is 11.4. The number of ether oxygens (including phenoxy) is 1. The van der Waals surface area contributed by atoms with E-state index in [1.54, 1.807) is 18.3 Å². The van der Waals surface area contributed by atoms with E-state index in [0.29, 0.717) is 23.7 Å². The summed E-state index contributed by atoms with van der Waals surface area (Å²) in [4.78, 5) is 14.1. The Balaban J connectivity index is 2.67. The summed E-state index contributed by atoms with van der Waals surface area (Å²) in [6.45, 7) is 2.33. The average molecular weight is 219 g/mol. The van der Waals surface area contributed by atoms with Gasteiger partial charge < -0.3 is 21.2 Å². The van der Waals surface area contributed by atoms with Crippen molar-refractivity contribution in [1.82, 2.24) is 4.98 Å². The van der Waals surface area contributed by atoms with Gasteiger partial charge in [0.1, 0.15) is 11.6 Å². The van der Waals surface area contributed by atoms with Gasteiger partial charge in [-0.25, -0.2) is 0 Å². The van der Waals surface area contributed by atoms with Crippen LogP contribution in [-0.4, -0.2) is 17.5 Å². The molecule has 2 aromatic rings. The Morgan fingerprint density at radius 2 is 2.25 bits per heavy atom. The number of nitrogens with one attached hydrogen (secondary N) is 1. The van der Waals surface area contributed by atoms with Gasteiger partial charge in [0.05, 0.1) is 12.2 Å². The minimum Gasteiger partial charge on any atom is -0.493 e. The van der Waals surface area contributed by atoms with Crippen molar-refractivity contribution in [3.05, 3.63) is 23.9 Å². The quantitative estimate of drug-likeness (QED) is 0.725. The van der Waals surface area contributed by atoms with Gasteiger partial charge in [-0.05, 0) is 19.1 Å². The van der Waals surface area contributed by atoms with Crippen molar-refractivity contribution in [3.63, 3.8) is 0 Å². The molecule has 1 heterocycles. The number of nitrogen functional groups attached to an aromatic ring is 1. The third-order valence-electron chi connectivity index (χ3n) is 2.39. The zero-order valence-electron chi connectivity index (χ0n) is 8.91. The lowest BCUT2D eigenvalue weighted by Crippen LogP contribution is -2.13. The van der Waals surface area contributed by atoms with Crippen LogP contribution in [0.25, 0.3) is 10.8 Å². The van der Waals surface area contributed by atoms with E-state index in [4.69, 9.17) is 16.2 Å². The number of nitrogens with two attached hydrogens (primary N) is 2. The van der Waals surface area contributed by atoms with Crippen molar-refractivity contribution in [2.75, 3.05) is 12.3 Å². The van der Waals surface area contributed by atoms with Crippen LogP contribution in [0.1, 0.15) is 17.3 Å². The van der Waals surface area contributed by atoms with Crippen LogP contribution >= 0.6 is 0 Å². The highest BCUT2D eigenvalue weighted by Crippen LogP contribution is 2.29. The van der Waals surface area contributed by atoms with Crippen LogP contribution in [0, 0.1) is 0 Å². The van der Waals surface area contributed by atoms with Gasteiger partial charge in [0.25, 0.3) is 5.91 Å². The minimum absolute atomic E-state index is 0.348. The number of amides is 1. The molecule has 0 fully saturated rings. The Hall–Kier alpha value is -2.17. The van der Waals surface area contributed by atoms with Crippen molar-refractivity contribution in [3.8, 4) is 5.75 Å². The predicted molar refractivity (Wildman–Crippen MR) is 62.4 cm³/mol. The Kier molecular flexibility index (Phi) is 2.44. The summed E-state index contributed by atoms with van der Waals surface area (Å²) in [6, 6.07) is 3.40. The molecule has 0 spiro atoms. The lowest BCUT2D eigenvalue weighted by atomic mass is 10.1. The summed E-state index contributed by atoms with van der Waals surface area (Å²) < 4.78 is 5.36. The Morgan fingerprint density at radius 1 is 1.50 bits per heavy atom. The molecule has 0 radical (unpaired) electrons. The smallest absolute Gasteiger partial charge is 0.252 e. The molecule has 5 N–H and O–H groups in total. The summed E-state index contributed by atoms with van der Waals surface area (Å²) in [5.74, 6) is 0.480. The van der Waals surface area contributed by atoms with Gasteiger partial charge in [-0.1, -0.05) is 0 Å². The van der Waals surface area contributed by atoms with E-state index < -0.39 is 5.91 Å². The van der Waals surface area contributed by atoms with E-state index in [9.17, 15) is 4.79 Å². The first-order valence-electron chi connectivity index (χ1n) is 4.96. The number of rotatable bonds is 3. The number of H-pyrrole nitrogens is 1. The molecule has 5 heteroatoms. The maximum atomic E-state index is 11.3. The molecule has 0 aliphatic carbocycles. The number of aromatic amines is 1. The topological polar surface area (TPSA) is 94.1 Å². The number of hydrogen-bond donors (Lipinski definition) is 3. The van der Waals surface area contributed by atoms with Gasteiger partial charge >= 0.3 is 0 Å². The number of hydrogen-bond acceptors (Lipinski definition) is 3. The zero-order valence-corrected chi connectivity index (χ0v) is 8.91. The molecular weight excluding hydrogens is 206 g/mol. The lowest BCUT2D eigenvalue weighted by Gasteiger charge is -2.07. The zero-order chi connectivity index (χ0) is 11.7. The van der Waals surface area contributed by atoms with E-state index in [1.807, 2.05) is 6.92 Å². The monoisotopic (exact) mass is 219 g/mol. The largest absolute Gasteiger partial charge is 0.493 e. The Morgan fingerprint density at radius 3 is 2.88 bits per heavy atom. The van der Waals surface area contributed by atoms with Gasteiger partial charge in [-0.15, -0.1) is 0 Å². The number of anilines is 1. The van der Waals surface area contributed by atoms with Crippen molar-refractivity contribution in [2.45, 2.75) is 6.92 Å². The summed E-state index contributed by atoms with van der Waals surface area (Å²) in [7, 11) is 0. The molecule has 0 aliphatic heterocycles. The van der Waals surface area contributed by atoms with Crippen LogP contribution in [0.5, 0.6) is 5.75 Å². The lowest BCUT2D eigenvalue weighted by molar-refractivity contribution is 0.0997. The first-order valence-corrected chi connectivity index (χ1v) is 4.96. The highest BCUT2D eigenvalue weighted by atomic mass is 16.5. The van der Waals surface area contributed by atoms with Gasteiger partial charge in [0, 0.05) is 17.0 Å². The second-order valence-electron chi connectivity index (χ2n) is 3.44. The van der Waals surface area contributed by atoms with Gasteiger partial charge in [0.15, 0.2) is 0 Å². The van der Waals surface area contributed by atoms with Crippen LogP contribution in [0.3, 0.4) is 0 Å². The van der Waals surface area contributed by atoms with E-state index in [0.717, 1.165) is 10.8 Å². The van der Waals surface area contributed by atoms with Crippen molar-refractivity contribution >= 4 is 22.5 Å². The van der Waals surface area contributed by atoms with Crippen molar-refractivity contribution in [2.24, 2.45) is 5.73 Å². The number of aromatic nitrogens is 1. The maximum absolute atomic E-state index is 11.3. The number of fused-ring (bicyclic) bond motifs is 1. The summed E-state index contributed by atoms with van der Waals surface area (Å²) in [6.07, 6.45) is 1.76. The standard InChI is InChI=1S/C11H13N3O2/c1-2-16-9-3-6-5-14-10(12)7(6)4-8(9)11(13)15/h3-5,14H,2,12H2,1H3,(H2,13,15). The molecule has 16 heavy (non-hydrogen) atoms. The minimum atomic E-state index is -0.522. The van der Waals surface area contributed by atoms with Crippen LogP contribution in [0.2, 0.25) is 0 Å².